The fourth-order valence-corrected chi connectivity index (χ4v) is 5.59. The van der Waals surface area contributed by atoms with Gasteiger partial charge in [-0.3, -0.25) is 0 Å². The Labute approximate surface area is 191 Å². The Bertz CT molecular complexity index is 915. The van der Waals surface area contributed by atoms with Crippen LogP contribution in [0.2, 0.25) is 0 Å². The summed E-state index contributed by atoms with van der Waals surface area (Å²) in [6.07, 6.45) is 4.25. The van der Waals surface area contributed by atoms with E-state index in [0.717, 1.165) is 45.3 Å². The summed E-state index contributed by atoms with van der Waals surface area (Å²) >= 11 is 10.9. The number of halogens is 1. The minimum atomic E-state index is 0.619. The standard InChI is InChI=1S/C24H24ClNS3/c1-3-23(29-18-27-14-8-7-13-25)22(17-26)21(20-10-5-4-6-11-20)16-19(2)24-12-9-15-28-24/h4-6,9-12,15-16H,1,7-8,13-14,18H2,2H3. The quantitative estimate of drug-likeness (QED) is 0.0847. The van der Waals surface area contributed by atoms with Gasteiger partial charge in [-0.2, -0.15) is 17.0 Å². The molecule has 150 valence electrons. The van der Waals surface area contributed by atoms with Crippen LogP contribution in [0.5, 0.6) is 0 Å². The number of benzene rings is 1. The zero-order valence-electron chi connectivity index (χ0n) is 16.5. The van der Waals surface area contributed by atoms with E-state index in [1.165, 1.54) is 4.88 Å². The first kappa shape index (κ1) is 23.7. The van der Waals surface area contributed by atoms with E-state index in [1.54, 1.807) is 23.1 Å². The first-order chi connectivity index (χ1) is 14.2. The van der Waals surface area contributed by atoms with Crippen molar-refractivity contribution in [2.45, 2.75) is 19.8 Å². The van der Waals surface area contributed by atoms with Gasteiger partial charge in [0.05, 0.1) is 10.5 Å². The highest BCUT2D eigenvalue weighted by atomic mass is 35.5. The number of thiophene rings is 1. The van der Waals surface area contributed by atoms with Crippen LogP contribution in [0, 0.1) is 11.3 Å². The molecule has 5 heteroatoms. The lowest BCUT2D eigenvalue weighted by atomic mass is 9.97. The van der Waals surface area contributed by atoms with Gasteiger partial charge in [-0.1, -0.05) is 43.0 Å². The molecule has 2 aromatic rings. The highest BCUT2D eigenvalue weighted by Gasteiger charge is 2.14. The maximum atomic E-state index is 10.0. The molecule has 0 atom stereocenters. The molecule has 29 heavy (non-hydrogen) atoms. The summed E-state index contributed by atoms with van der Waals surface area (Å²) in [5, 5.41) is 12.9. The van der Waals surface area contributed by atoms with Crippen LogP contribution in [0.15, 0.2) is 76.7 Å². The third-order valence-electron chi connectivity index (χ3n) is 4.08. The van der Waals surface area contributed by atoms with Crippen molar-refractivity contribution in [1.29, 1.82) is 5.26 Å². The summed E-state index contributed by atoms with van der Waals surface area (Å²) in [5.74, 6) is 1.78. The minimum absolute atomic E-state index is 0.619. The molecule has 0 aliphatic heterocycles. The third-order valence-corrected chi connectivity index (χ3v) is 7.71. The highest BCUT2D eigenvalue weighted by Crippen LogP contribution is 2.34. The van der Waals surface area contributed by atoms with Crippen molar-refractivity contribution < 1.29 is 0 Å². The van der Waals surface area contributed by atoms with Gasteiger partial charge in [-0.15, -0.1) is 40.4 Å². The van der Waals surface area contributed by atoms with Gasteiger partial charge < -0.3 is 0 Å². The number of rotatable bonds is 11. The van der Waals surface area contributed by atoms with Crippen LogP contribution < -0.4 is 0 Å². The Balaban J connectivity index is 2.34. The predicted octanol–water partition coefficient (Wildman–Crippen LogP) is 8.24. The molecule has 0 aliphatic rings. The molecule has 0 bridgehead atoms. The van der Waals surface area contributed by atoms with Crippen LogP contribution >= 0.6 is 46.5 Å². The zero-order valence-corrected chi connectivity index (χ0v) is 19.7. The van der Waals surface area contributed by atoms with E-state index in [2.05, 4.69) is 42.8 Å². The van der Waals surface area contributed by atoms with Crippen molar-refractivity contribution in [2.75, 3.05) is 16.7 Å². The fraction of sp³-hybridized carbons (Fsp3) is 0.250. The van der Waals surface area contributed by atoms with Crippen molar-refractivity contribution >= 4 is 57.6 Å². The normalized spacial score (nSPS) is 12.1. The topological polar surface area (TPSA) is 23.8 Å². The van der Waals surface area contributed by atoms with Crippen molar-refractivity contribution in [1.82, 2.24) is 0 Å². The van der Waals surface area contributed by atoms with Gasteiger partial charge in [-0.05, 0) is 54.2 Å². The van der Waals surface area contributed by atoms with Gasteiger partial charge in [0.15, 0.2) is 0 Å². The smallest absolute Gasteiger partial charge is 0.102 e. The Morgan fingerprint density at radius 2 is 2.00 bits per heavy atom. The Morgan fingerprint density at radius 1 is 1.21 bits per heavy atom. The van der Waals surface area contributed by atoms with E-state index in [0.29, 0.717) is 11.5 Å². The molecular formula is C24H24ClNS3. The maximum absolute atomic E-state index is 10.0. The summed E-state index contributed by atoms with van der Waals surface area (Å²) < 4.78 is 0. The molecule has 0 aliphatic carbocycles. The molecule has 1 heterocycles. The lowest BCUT2D eigenvalue weighted by molar-refractivity contribution is 0.904. The Morgan fingerprint density at radius 3 is 2.62 bits per heavy atom. The Kier molecular flexibility index (Phi) is 11.1. The SMILES string of the molecule is C=C=C(SCSCCCCCl)C(C#N)=C(C=C(C)c1cccs1)c1ccccc1. The zero-order chi connectivity index (χ0) is 20.9. The van der Waals surface area contributed by atoms with Gasteiger partial charge in [-0.25, -0.2) is 0 Å². The number of alkyl halides is 1. The molecule has 0 radical (unpaired) electrons. The molecule has 0 saturated carbocycles. The van der Waals surface area contributed by atoms with Gasteiger partial charge in [0.2, 0.25) is 0 Å². The average molecular weight is 458 g/mol. The molecule has 1 nitrogen and oxygen atoms in total. The predicted molar refractivity (Wildman–Crippen MR) is 134 cm³/mol. The van der Waals surface area contributed by atoms with Crippen LogP contribution in [0.4, 0.5) is 0 Å². The van der Waals surface area contributed by atoms with Crippen LogP contribution in [-0.2, 0) is 0 Å². The first-order valence-electron chi connectivity index (χ1n) is 9.30. The molecule has 0 spiro atoms. The molecule has 0 fully saturated rings. The minimum Gasteiger partial charge on any atom is -0.192 e. The monoisotopic (exact) mass is 457 g/mol. The molecule has 1 aromatic heterocycles. The van der Waals surface area contributed by atoms with E-state index >= 15 is 0 Å². The van der Waals surface area contributed by atoms with Crippen molar-refractivity contribution in [3.05, 3.63) is 87.1 Å². The second-order valence-corrected chi connectivity index (χ2v) is 9.93. The third kappa shape index (κ3) is 7.63. The van der Waals surface area contributed by atoms with E-state index in [1.807, 2.05) is 48.2 Å². The van der Waals surface area contributed by atoms with Crippen LogP contribution in [-0.4, -0.2) is 16.7 Å². The Hall–Kier alpha value is -1.60. The molecule has 2 rings (SSSR count). The molecule has 0 amide bonds. The van der Waals surface area contributed by atoms with Gasteiger partial charge in [0, 0.05) is 21.4 Å². The van der Waals surface area contributed by atoms with Crippen molar-refractivity contribution in [2.24, 2.45) is 0 Å². The molecule has 0 N–H and O–H groups in total. The summed E-state index contributed by atoms with van der Waals surface area (Å²) in [6, 6.07) is 16.6. The van der Waals surface area contributed by atoms with E-state index in [9.17, 15) is 5.26 Å². The van der Waals surface area contributed by atoms with Gasteiger partial charge in [0.1, 0.15) is 6.07 Å². The van der Waals surface area contributed by atoms with Crippen molar-refractivity contribution in [3.63, 3.8) is 0 Å². The van der Waals surface area contributed by atoms with Crippen LogP contribution in [0.3, 0.4) is 0 Å². The molecule has 0 unspecified atom stereocenters. The first-order valence-corrected chi connectivity index (χ1v) is 12.9. The van der Waals surface area contributed by atoms with Crippen LogP contribution in [0.1, 0.15) is 30.2 Å². The maximum Gasteiger partial charge on any atom is 0.102 e. The number of nitrogens with zero attached hydrogens (tertiary/aromatic N) is 1. The van der Waals surface area contributed by atoms with Crippen LogP contribution in [0.25, 0.3) is 11.1 Å². The number of thioether (sulfide) groups is 2. The lowest BCUT2D eigenvalue weighted by Crippen LogP contribution is -1.92. The largest absolute Gasteiger partial charge is 0.192 e. The summed E-state index contributed by atoms with van der Waals surface area (Å²) in [6.45, 7) is 5.93. The summed E-state index contributed by atoms with van der Waals surface area (Å²) in [4.78, 5) is 1.99. The molecule has 1 aromatic carbocycles. The lowest BCUT2D eigenvalue weighted by Gasteiger charge is -2.11. The summed E-state index contributed by atoms with van der Waals surface area (Å²) in [7, 11) is 0. The highest BCUT2D eigenvalue weighted by molar-refractivity contribution is 8.17. The number of nitriles is 1. The van der Waals surface area contributed by atoms with Gasteiger partial charge in [0.25, 0.3) is 0 Å². The number of hydrogen-bond donors (Lipinski definition) is 0. The summed E-state index contributed by atoms with van der Waals surface area (Å²) in [5.41, 5.74) is 6.68. The average Bonchev–Trinajstić information content (AvgIpc) is 3.30. The second kappa shape index (κ2) is 13.6. The van der Waals surface area contributed by atoms with E-state index in [4.69, 9.17) is 11.6 Å². The number of allylic oxidation sites excluding steroid dienone is 4. The molecular weight excluding hydrogens is 434 g/mol. The number of hydrogen-bond acceptors (Lipinski definition) is 4. The van der Waals surface area contributed by atoms with E-state index < -0.39 is 0 Å². The van der Waals surface area contributed by atoms with Gasteiger partial charge >= 0.3 is 0 Å². The number of unbranched alkanes of at least 4 members (excludes halogenated alkanes) is 1. The van der Waals surface area contributed by atoms with E-state index in [-0.39, 0.29) is 0 Å². The second-order valence-electron chi connectivity index (χ2n) is 6.14. The van der Waals surface area contributed by atoms with Crippen molar-refractivity contribution in [3.8, 4) is 6.07 Å². The molecule has 0 saturated heterocycles. The fourth-order valence-electron chi connectivity index (χ4n) is 2.61.